The first-order valence-corrected chi connectivity index (χ1v) is 7.32. The third-order valence-corrected chi connectivity index (χ3v) is 3.70. The minimum absolute atomic E-state index is 0.0807. The SMILES string of the molecule is CC(=O)Oc1nc(Cl)c(Br)cc1C#Cc1ccc(Cl)cc1. The molecular formula is C15H8BrCl2NO2. The van der Waals surface area contributed by atoms with Crippen molar-refractivity contribution < 1.29 is 9.53 Å². The predicted octanol–water partition coefficient (Wildman–Crippen LogP) is 4.48. The predicted molar refractivity (Wildman–Crippen MR) is 85.7 cm³/mol. The Kier molecular flexibility index (Phi) is 5.24. The van der Waals surface area contributed by atoms with Crippen LogP contribution in [0.1, 0.15) is 18.1 Å². The second kappa shape index (κ2) is 6.95. The first-order valence-electron chi connectivity index (χ1n) is 5.78. The lowest BCUT2D eigenvalue weighted by atomic mass is 10.2. The molecule has 1 aromatic carbocycles. The summed E-state index contributed by atoms with van der Waals surface area (Å²) in [5, 5.41) is 0.834. The zero-order valence-corrected chi connectivity index (χ0v) is 13.9. The van der Waals surface area contributed by atoms with Gasteiger partial charge in [0.2, 0.25) is 5.88 Å². The average Bonchev–Trinajstić information content (AvgIpc) is 2.42. The van der Waals surface area contributed by atoms with Gasteiger partial charge in [-0.1, -0.05) is 35.0 Å². The van der Waals surface area contributed by atoms with Crippen molar-refractivity contribution in [3.63, 3.8) is 0 Å². The molecule has 1 aromatic heterocycles. The molecule has 0 atom stereocenters. The van der Waals surface area contributed by atoms with Crippen LogP contribution in [-0.2, 0) is 4.79 Å². The Balaban J connectivity index is 2.41. The molecule has 6 heteroatoms. The second-order valence-electron chi connectivity index (χ2n) is 3.96. The average molecular weight is 385 g/mol. The Morgan fingerprint density at radius 2 is 1.90 bits per heavy atom. The molecule has 2 aromatic rings. The first-order chi connectivity index (χ1) is 9.95. The third-order valence-electron chi connectivity index (χ3n) is 2.32. The van der Waals surface area contributed by atoms with Gasteiger partial charge in [0.05, 0.1) is 10.0 Å². The summed E-state index contributed by atoms with van der Waals surface area (Å²) in [6, 6.07) is 8.72. The molecule has 0 bridgehead atoms. The number of hydrogen-bond donors (Lipinski definition) is 0. The van der Waals surface area contributed by atoms with Crippen molar-refractivity contribution in [3.8, 4) is 17.7 Å². The van der Waals surface area contributed by atoms with Crippen LogP contribution in [0.25, 0.3) is 0 Å². The number of carbonyl (C=O) groups excluding carboxylic acids is 1. The quantitative estimate of drug-likeness (QED) is 0.413. The number of pyridine rings is 1. The molecule has 21 heavy (non-hydrogen) atoms. The number of hydrogen-bond acceptors (Lipinski definition) is 3. The van der Waals surface area contributed by atoms with E-state index in [0.29, 0.717) is 15.1 Å². The van der Waals surface area contributed by atoms with Gasteiger partial charge in [0.15, 0.2) is 0 Å². The number of nitrogens with zero attached hydrogens (tertiary/aromatic N) is 1. The number of carbonyl (C=O) groups is 1. The summed E-state index contributed by atoms with van der Waals surface area (Å²) in [4.78, 5) is 15.1. The Morgan fingerprint density at radius 3 is 2.52 bits per heavy atom. The summed E-state index contributed by atoms with van der Waals surface area (Å²) < 4.78 is 5.58. The fourth-order valence-corrected chi connectivity index (χ4v) is 2.00. The van der Waals surface area contributed by atoms with E-state index in [1.54, 1.807) is 30.3 Å². The van der Waals surface area contributed by atoms with Crippen LogP contribution in [0.5, 0.6) is 5.88 Å². The molecule has 0 radical (unpaired) electrons. The number of aromatic nitrogens is 1. The highest BCUT2D eigenvalue weighted by atomic mass is 79.9. The van der Waals surface area contributed by atoms with Crippen molar-refractivity contribution in [2.75, 3.05) is 0 Å². The maximum atomic E-state index is 11.1. The fraction of sp³-hybridized carbons (Fsp3) is 0.0667. The summed E-state index contributed by atoms with van der Waals surface area (Å²) in [6.07, 6.45) is 0. The molecule has 0 aliphatic rings. The minimum Gasteiger partial charge on any atom is -0.406 e. The van der Waals surface area contributed by atoms with Crippen LogP contribution < -0.4 is 4.74 Å². The zero-order valence-electron chi connectivity index (χ0n) is 10.8. The third kappa shape index (κ3) is 4.47. The van der Waals surface area contributed by atoms with E-state index in [-0.39, 0.29) is 11.0 Å². The highest BCUT2D eigenvalue weighted by Gasteiger charge is 2.10. The first kappa shape index (κ1) is 15.8. The summed E-state index contributed by atoms with van der Waals surface area (Å²) >= 11 is 15.0. The molecule has 3 nitrogen and oxygen atoms in total. The number of esters is 1. The molecule has 0 saturated carbocycles. The topological polar surface area (TPSA) is 39.2 Å². The number of ether oxygens (including phenoxy) is 1. The van der Waals surface area contributed by atoms with Gasteiger partial charge < -0.3 is 4.74 Å². The van der Waals surface area contributed by atoms with Crippen LogP contribution in [-0.4, -0.2) is 11.0 Å². The van der Waals surface area contributed by atoms with Crippen molar-refractivity contribution in [1.29, 1.82) is 0 Å². The van der Waals surface area contributed by atoms with E-state index < -0.39 is 5.97 Å². The van der Waals surface area contributed by atoms with Gasteiger partial charge in [0.25, 0.3) is 0 Å². The summed E-state index contributed by atoms with van der Waals surface area (Å²) in [6.45, 7) is 1.29. The van der Waals surface area contributed by atoms with Gasteiger partial charge in [-0.15, -0.1) is 0 Å². The smallest absolute Gasteiger partial charge is 0.309 e. The molecule has 0 fully saturated rings. The molecular weight excluding hydrogens is 377 g/mol. The van der Waals surface area contributed by atoms with Gasteiger partial charge in [-0.2, -0.15) is 4.98 Å². The van der Waals surface area contributed by atoms with Crippen molar-refractivity contribution in [2.24, 2.45) is 0 Å². The summed E-state index contributed by atoms with van der Waals surface area (Å²) in [5.41, 5.74) is 1.23. The van der Waals surface area contributed by atoms with Gasteiger partial charge in [0, 0.05) is 17.5 Å². The van der Waals surface area contributed by atoms with Gasteiger partial charge in [-0.05, 0) is 46.3 Å². The molecule has 0 aliphatic heterocycles. The Morgan fingerprint density at radius 1 is 1.24 bits per heavy atom. The van der Waals surface area contributed by atoms with Crippen molar-refractivity contribution in [1.82, 2.24) is 4.98 Å². The monoisotopic (exact) mass is 383 g/mol. The van der Waals surface area contributed by atoms with Gasteiger partial charge in [-0.25, -0.2) is 0 Å². The van der Waals surface area contributed by atoms with Crippen LogP contribution in [0.4, 0.5) is 0 Å². The highest BCUT2D eigenvalue weighted by molar-refractivity contribution is 9.10. The number of halogens is 3. The largest absolute Gasteiger partial charge is 0.406 e. The van der Waals surface area contributed by atoms with E-state index in [1.807, 2.05) is 0 Å². The molecule has 0 spiro atoms. The Labute approximate surface area is 140 Å². The summed E-state index contributed by atoms with van der Waals surface area (Å²) in [5.74, 6) is 5.44. The maximum absolute atomic E-state index is 11.1. The van der Waals surface area contributed by atoms with E-state index in [1.165, 1.54) is 6.92 Å². The van der Waals surface area contributed by atoms with Gasteiger partial charge >= 0.3 is 5.97 Å². The molecule has 0 aliphatic carbocycles. The van der Waals surface area contributed by atoms with Gasteiger partial charge in [-0.3, -0.25) is 4.79 Å². The molecule has 0 amide bonds. The van der Waals surface area contributed by atoms with E-state index >= 15 is 0 Å². The molecule has 2 rings (SSSR count). The van der Waals surface area contributed by atoms with Gasteiger partial charge in [0.1, 0.15) is 5.15 Å². The van der Waals surface area contributed by atoms with Crippen LogP contribution in [0.3, 0.4) is 0 Å². The van der Waals surface area contributed by atoms with E-state index in [9.17, 15) is 4.79 Å². The highest BCUT2D eigenvalue weighted by Crippen LogP contribution is 2.27. The Hall–Kier alpha value is -1.54. The number of rotatable bonds is 1. The second-order valence-corrected chi connectivity index (χ2v) is 5.61. The van der Waals surface area contributed by atoms with Crippen LogP contribution >= 0.6 is 39.1 Å². The standard InChI is InChI=1S/C15H8BrCl2NO2/c1-9(20)21-15-11(8-13(16)14(18)19-15)5-2-10-3-6-12(17)7-4-10/h3-4,6-8H,1H3. The lowest BCUT2D eigenvalue weighted by molar-refractivity contribution is -0.132. The van der Waals surface area contributed by atoms with E-state index in [0.717, 1.165) is 5.56 Å². The Bertz CT molecular complexity index is 749. The fourth-order valence-electron chi connectivity index (χ4n) is 1.43. The van der Waals surface area contributed by atoms with Crippen LogP contribution in [0.15, 0.2) is 34.8 Å². The van der Waals surface area contributed by atoms with E-state index in [4.69, 9.17) is 27.9 Å². The van der Waals surface area contributed by atoms with Crippen molar-refractivity contribution in [2.45, 2.75) is 6.92 Å². The molecule has 0 N–H and O–H groups in total. The molecule has 106 valence electrons. The van der Waals surface area contributed by atoms with Crippen molar-refractivity contribution >= 4 is 45.1 Å². The minimum atomic E-state index is -0.490. The summed E-state index contributed by atoms with van der Waals surface area (Å²) in [7, 11) is 0. The zero-order chi connectivity index (χ0) is 15.4. The lowest BCUT2D eigenvalue weighted by Gasteiger charge is -2.04. The molecule has 0 saturated heterocycles. The van der Waals surface area contributed by atoms with Crippen LogP contribution in [0.2, 0.25) is 10.2 Å². The van der Waals surface area contributed by atoms with Crippen LogP contribution in [0, 0.1) is 11.8 Å². The molecule has 0 unspecified atom stereocenters. The maximum Gasteiger partial charge on any atom is 0.309 e. The molecule has 1 heterocycles. The van der Waals surface area contributed by atoms with E-state index in [2.05, 4.69) is 32.8 Å². The lowest BCUT2D eigenvalue weighted by Crippen LogP contribution is -2.05. The normalized spacial score (nSPS) is 9.71. The van der Waals surface area contributed by atoms with Crippen molar-refractivity contribution in [3.05, 3.63) is 56.1 Å². The number of benzene rings is 1.